The van der Waals surface area contributed by atoms with Crippen LogP contribution in [-0.2, 0) is 10.0 Å². The zero-order valence-corrected chi connectivity index (χ0v) is 21.3. The van der Waals surface area contributed by atoms with Gasteiger partial charge in [-0.2, -0.15) is 0 Å². The molecular weight excluding hydrogens is 448 g/mol. The third-order valence-corrected chi connectivity index (χ3v) is 7.63. The number of ether oxygens (including phenoxy) is 1. The van der Waals surface area contributed by atoms with Gasteiger partial charge in [-0.25, -0.2) is 8.42 Å². The van der Waals surface area contributed by atoms with Crippen LogP contribution in [0.2, 0.25) is 0 Å². The van der Waals surface area contributed by atoms with Crippen molar-refractivity contribution in [2.75, 3.05) is 11.8 Å². The average molecular weight is 481 g/mol. The smallest absolute Gasteiger partial charge is 0.262 e. The fraction of sp³-hybridized carbons (Fsp3) is 0.296. The van der Waals surface area contributed by atoms with Crippen LogP contribution in [0.5, 0.6) is 5.75 Å². The second-order valence-corrected chi connectivity index (χ2v) is 10.1. The molecule has 1 amide bonds. The SMILES string of the molecule is CC[C@@H](NC(=O)c1ccc(C)c(S(=O)(=O)Nc2cccc(C)c2C)c1)c1ccc(OC)c(C)c1. The van der Waals surface area contributed by atoms with Crippen LogP contribution in [0.15, 0.2) is 59.5 Å². The van der Waals surface area contributed by atoms with Gasteiger partial charge in [-0.1, -0.05) is 37.3 Å². The number of hydrogen-bond acceptors (Lipinski definition) is 4. The van der Waals surface area contributed by atoms with E-state index in [4.69, 9.17) is 4.74 Å². The second kappa shape index (κ2) is 10.3. The maximum Gasteiger partial charge on any atom is 0.262 e. The molecule has 0 aliphatic heterocycles. The zero-order valence-electron chi connectivity index (χ0n) is 20.5. The van der Waals surface area contributed by atoms with Crippen LogP contribution in [-0.4, -0.2) is 21.4 Å². The molecule has 0 bridgehead atoms. The summed E-state index contributed by atoms with van der Waals surface area (Å²) in [6.07, 6.45) is 0.683. The molecule has 3 rings (SSSR count). The summed E-state index contributed by atoms with van der Waals surface area (Å²) in [6.45, 7) is 9.46. The topological polar surface area (TPSA) is 84.5 Å². The lowest BCUT2D eigenvalue weighted by Gasteiger charge is -2.19. The molecule has 0 aliphatic rings. The Bertz CT molecular complexity index is 1320. The summed E-state index contributed by atoms with van der Waals surface area (Å²) < 4.78 is 34.4. The third kappa shape index (κ3) is 5.42. The molecule has 2 N–H and O–H groups in total. The van der Waals surface area contributed by atoms with Gasteiger partial charge in [0, 0.05) is 5.56 Å². The number of hydrogen-bond donors (Lipinski definition) is 2. The Morgan fingerprint density at radius 3 is 2.32 bits per heavy atom. The van der Waals surface area contributed by atoms with E-state index in [2.05, 4.69) is 10.0 Å². The summed E-state index contributed by atoms with van der Waals surface area (Å²) in [5.41, 5.74) is 5.17. The molecule has 0 saturated heterocycles. The minimum atomic E-state index is -3.88. The molecular formula is C27H32N2O4S. The van der Waals surface area contributed by atoms with Crippen molar-refractivity contribution < 1.29 is 17.9 Å². The molecule has 0 heterocycles. The molecule has 34 heavy (non-hydrogen) atoms. The highest BCUT2D eigenvalue weighted by atomic mass is 32.2. The van der Waals surface area contributed by atoms with Gasteiger partial charge in [0.1, 0.15) is 5.75 Å². The van der Waals surface area contributed by atoms with Crippen molar-refractivity contribution in [1.29, 1.82) is 0 Å². The lowest BCUT2D eigenvalue weighted by Crippen LogP contribution is -2.28. The van der Waals surface area contributed by atoms with Gasteiger partial charge in [0.2, 0.25) is 0 Å². The normalized spacial score (nSPS) is 12.2. The van der Waals surface area contributed by atoms with Gasteiger partial charge in [0.25, 0.3) is 15.9 Å². The highest BCUT2D eigenvalue weighted by molar-refractivity contribution is 7.92. The summed E-state index contributed by atoms with van der Waals surface area (Å²) in [5, 5.41) is 3.03. The van der Waals surface area contributed by atoms with Crippen LogP contribution in [0.4, 0.5) is 5.69 Å². The van der Waals surface area contributed by atoms with Gasteiger partial charge < -0.3 is 10.1 Å². The largest absolute Gasteiger partial charge is 0.496 e. The van der Waals surface area contributed by atoms with Gasteiger partial charge in [0.15, 0.2) is 0 Å². The van der Waals surface area contributed by atoms with E-state index in [0.29, 0.717) is 17.7 Å². The number of carbonyl (C=O) groups excluding carboxylic acids is 1. The third-order valence-electron chi connectivity index (χ3n) is 6.12. The van der Waals surface area contributed by atoms with E-state index in [1.165, 1.54) is 6.07 Å². The number of rotatable bonds is 8. The molecule has 0 unspecified atom stereocenters. The van der Waals surface area contributed by atoms with Gasteiger partial charge in [-0.3, -0.25) is 9.52 Å². The van der Waals surface area contributed by atoms with Crippen LogP contribution in [0, 0.1) is 27.7 Å². The Kier molecular flexibility index (Phi) is 7.67. The van der Waals surface area contributed by atoms with E-state index < -0.39 is 10.0 Å². The Labute approximate surface area is 202 Å². The average Bonchev–Trinajstić information content (AvgIpc) is 2.80. The molecule has 0 spiro atoms. The quantitative estimate of drug-likeness (QED) is 0.439. The van der Waals surface area contributed by atoms with Gasteiger partial charge in [-0.15, -0.1) is 0 Å². The number of amides is 1. The van der Waals surface area contributed by atoms with Crippen LogP contribution >= 0.6 is 0 Å². The minimum Gasteiger partial charge on any atom is -0.496 e. The monoisotopic (exact) mass is 480 g/mol. The van der Waals surface area contributed by atoms with E-state index in [1.807, 2.05) is 58.0 Å². The Hall–Kier alpha value is -3.32. The molecule has 0 saturated carbocycles. The van der Waals surface area contributed by atoms with E-state index in [1.54, 1.807) is 32.2 Å². The zero-order chi connectivity index (χ0) is 25.0. The Morgan fingerprint density at radius 2 is 1.68 bits per heavy atom. The minimum absolute atomic E-state index is 0.0781. The van der Waals surface area contributed by atoms with Crippen LogP contribution < -0.4 is 14.8 Å². The summed E-state index contributed by atoms with van der Waals surface area (Å²) in [4.78, 5) is 13.2. The van der Waals surface area contributed by atoms with Crippen molar-refractivity contribution in [3.63, 3.8) is 0 Å². The lowest BCUT2D eigenvalue weighted by molar-refractivity contribution is 0.0935. The number of nitrogens with one attached hydrogen (secondary N) is 2. The molecule has 6 nitrogen and oxygen atoms in total. The molecule has 0 aliphatic carbocycles. The fourth-order valence-electron chi connectivity index (χ4n) is 3.87. The van der Waals surface area contributed by atoms with Gasteiger partial charge >= 0.3 is 0 Å². The lowest BCUT2D eigenvalue weighted by atomic mass is 10.0. The predicted molar refractivity (Wildman–Crippen MR) is 136 cm³/mol. The van der Waals surface area contributed by atoms with Gasteiger partial charge in [0.05, 0.1) is 23.7 Å². The van der Waals surface area contributed by atoms with E-state index in [-0.39, 0.29) is 22.4 Å². The highest BCUT2D eigenvalue weighted by Gasteiger charge is 2.22. The molecule has 1 atom stereocenters. The summed E-state index contributed by atoms with van der Waals surface area (Å²) in [5.74, 6) is 0.457. The second-order valence-electron chi connectivity index (χ2n) is 8.50. The number of carbonyl (C=O) groups is 1. The van der Waals surface area contributed by atoms with Crippen molar-refractivity contribution in [1.82, 2.24) is 5.32 Å². The number of benzene rings is 3. The van der Waals surface area contributed by atoms with Crippen molar-refractivity contribution in [3.05, 3.63) is 88.0 Å². The first-order valence-electron chi connectivity index (χ1n) is 11.2. The maximum absolute atomic E-state index is 13.2. The number of methoxy groups -OCH3 is 1. The molecule has 7 heteroatoms. The summed E-state index contributed by atoms with van der Waals surface area (Å²) in [6, 6.07) is 15.8. The molecule has 0 fully saturated rings. The maximum atomic E-state index is 13.2. The van der Waals surface area contributed by atoms with E-state index in [9.17, 15) is 13.2 Å². The van der Waals surface area contributed by atoms with Crippen molar-refractivity contribution >= 4 is 21.6 Å². The van der Waals surface area contributed by atoms with Gasteiger partial charge in [-0.05, 0) is 86.2 Å². The predicted octanol–water partition coefficient (Wildman–Crippen LogP) is 5.61. The first-order chi connectivity index (χ1) is 16.1. The first kappa shape index (κ1) is 25.3. The van der Waals surface area contributed by atoms with Crippen molar-refractivity contribution in [3.8, 4) is 5.75 Å². The molecule has 0 aromatic heterocycles. The van der Waals surface area contributed by atoms with E-state index in [0.717, 1.165) is 28.0 Å². The first-order valence-corrected chi connectivity index (χ1v) is 12.7. The number of sulfonamides is 1. The standard InChI is InChI=1S/C27H32N2O4S/c1-7-23(21-13-14-25(33-6)19(4)15-21)28-27(30)22-12-11-18(3)26(16-22)34(31,32)29-24-10-8-9-17(2)20(24)5/h8-16,23,29H,7H2,1-6H3,(H,28,30)/t23-/m1/s1. The molecule has 3 aromatic carbocycles. The summed E-state index contributed by atoms with van der Waals surface area (Å²) >= 11 is 0. The molecule has 3 aromatic rings. The molecule has 0 radical (unpaired) electrons. The molecule has 180 valence electrons. The van der Waals surface area contributed by atoms with Crippen molar-refractivity contribution in [2.45, 2.75) is 52.0 Å². The Balaban J connectivity index is 1.87. The fourth-order valence-corrected chi connectivity index (χ4v) is 5.27. The summed E-state index contributed by atoms with van der Waals surface area (Å²) in [7, 11) is -2.26. The van der Waals surface area contributed by atoms with Crippen molar-refractivity contribution in [2.24, 2.45) is 0 Å². The number of aryl methyl sites for hydroxylation is 3. The highest BCUT2D eigenvalue weighted by Crippen LogP contribution is 2.26. The Morgan fingerprint density at radius 1 is 0.941 bits per heavy atom. The van der Waals surface area contributed by atoms with Crippen LogP contribution in [0.1, 0.15) is 57.6 Å². The van der Waals surface area contributed by atoms with Crippen LogP contribution in [0.3, 0.4) is 0 Å². The van der Waals surface area contributed by atoms with Crippen LogP contribution in [0.25, 0.3) is 0 Å². The van der Waals surface area contributed by atoms with E-state index >= 15 is 0 Å². The number of anilines is 1.